The van der Waals surface area contributed by atoms with Crippen molar-refractivity contribution in [3.05, 3.63) is 9.15 Å². The summed E-state index contributed by atoms with van der Waals surface area (Å²) in [6, 6.07) is 0. The fourth-order valence-corrected chi connectivity index (χ4v) is 0.420. The minimum absolute atomic E-state index is 0.0394. The lowest BCUT2D eigenvalue weighted by molar-refractivity contribution is -0.135. The third-order valence-corrected chi connectivity index (χ3v) is 1.13. The van der Waals surface area contributed by atoms with Crippen LogP contribution < -0.4 is 0 Å². The van der Waals surface area contributed by atoms with Crippen LogP contribution in [0, 0.1) is 0 Å². The third kappa shape index (κ3) is 2.32. The van der Waals surface area contributed by atoms with Gasteiger partial charge < -0.3 is 10.2 Å². The van der Waals surface area contributed by atoms with E-state index < -0.39 is 11.7 Å². The zero-order chi connectivity index (χ0) is 6.73. The molecule has 0 amide bonds. The highest BCUT2D eigenvalue weighted by molar-refractivity contribution is 9.28. The van der Waals surface area contributed by atoms with Crippen molar-refractivity contribution < 1.29 is 15.0 Å². The van der Waals surface area contributed by atoms with Gasteiger partial charge in [-0.25, -0.2) is 4.79 Å². The molecule has 0 rings (SSSR count). The number of carboxylic acid groups (broad SMARTS) is 1. The molecular formula is C3H2Br2O3. The third-order valence-electron chi connectivity index (χ3n) is 0.382. The van der Waals surface area contributed by atoms with Crippen molar-refractivity contribution in [1.82, 2.24) is 0 Å². The quantitative estimate of drug-likeness (QED) is 0.545. The first-order valence-corrected chi connectivity index (χ1v) is 3.12. The fourth-order valence-electron chi connectivity index (χ4n) is 0.0808. The van der Waals surface area contributed by atoms with Crippen LogP contribution in [0.3, 0.4) is 0 Å². The molecule has 2 N–H and O–H groups in total. The fraction of sp³-hybridized carbons (Fsp3) is 0. The molecule has 0 atom stereocenters. The second-order valence-electron chi connectivity index (χ2n) is 0.914. The van der Waals surface area contributed by atoms with Crippen LogP contribution in [0.25, 0.3) is 0 Å². The van der Waals surface area contributed by atoms with Gasteiger partial charge in [0.05, 0.1) is 0 Å². The molecule has 0 fully saturated rings. The van der Waals surface area contributed by atoms with Crippen LogP contribution in [0.2, 0.25) is 0 Å². The van der Waals surface area contributed by atoms with Crippen molar-refractivity contribution in [2.24, 2.45) is 0 Å². The molecule has 0 aromatic carbocycles. The van der Waals surface area contributed by atoms with Gasteiger partial charge in [-0.05, 0) is 31.9 Å². The van der Waals surface area contributed by atoms with E-state index in [9.17, 15) is 4.79 Å². The van der Waals surface area contributed by atoms with E-state index in [1.807, 2.05) is 0 Å². The summed E-state index contributed by atoms with van der Waals surface area (Å²) in [5.41, 5.74) is 0. The Balaban J connectivity index is 4.23. The molecule has 0 aromatic rings. The summed E-state index contributed by atoms with van der Waals surface area (Å²) in [6.45, 7) is 0. The van der Waals surface area contributed by atoms with Crippen molar-refractivity contribution in [2.45, 2.75) is 0 Å². The highest BCUT2D eigenvalue weighted by atomic mass is 79.9. The molecule has 0 spiro atoms. The summed E-state index contributed by atoms with van der Waals surface area (Å²) in [7, 11) is 0. The minimum atomic E-state index is -1.37. The van der Waals surface area contributed by atoms with E-state index in [2.05, 4.69) is 31.9 Å². The van der Waals surface area contributed by atoms with Crippen LogP contribution in [0.15, 0.2) is 9.15 Å². The van der Waals surface area contributed by atoms with Gasteiger partial charge in [-0.1, -0.05) is 0 Å². The van der Waals surface area contributed by atoms with Crippen molar-refractivity contribution in [3.8, 4) is 0 Å². The smallest absolute Gasteiger partial charge is 0.372 e. The zero-order valence-corrected chi connectivity index (χ0v) is 6.73. The Morgan fingerprint density at radius 3 is 1.62 bits per heavy atom. The van der Waals surface area contributed by atoms with Gasteiger partial charge in [0.25, 0.3) is 0 Å². The highest BCUT2D eigenvalue weighted by Gasteiger charge is 2.06. The molecule has 8 heavy (non-hydrogen) atoms. The number of aliphatic carboxylic acids is 1. The van der Waals surface area contributed by atoms with E-state index in [1.165, 1.54) is 0 Å². The van der Waals surface area contributed by atoms with Crippen LogP contribution in [0.4, 0.5) is 0 Å². The van der Waals surface area contributed by atoms with E-state index in [-0.39, 0.29) is 3.39 Å². The highest BCUT2D eigenvalue weighted by Crippen LogP contribution is 2.16. The van der Waals surface area contributed by atoms with Crippen molar-refractivity contribution in [1.29, 1.82) is 0 Å². The van der Waals surface area contributed by atoms with Gasteiger partial charge in [0.1, 0.15) is 3.39 Å². The maximum atomic E-state index is 9.77. The lowest BCUT2D eigenvalue weighted by Gasteiger charge is -1.87. The Hall–Kier alpha value is -0.0300. The largest absolute Gasteiger partial charge is 0.501 e. The lowest BCUT2D eigenvalue weighted by atomic mass is 10.6. The molecule has 0 aliphatic carbocycles. The number of hydrogen-bond donors (Lipinski definition) is 2. The van der Waals surface area contributed by atoms with Gasteiger partial charge >= 0.3 is 5.97 Å². The van der Waals surface area contributed by atoms with Gasteiger partial charge in [0.15, 0.2) is 0 Å². The first-order valence-electron chi connectivity index (χ1n) is 1.53. The van der Waals surface area contributed by atoms with Crippen LogP contribution in [-0.2, 0) is 4.79 Å². The first kappa shape index (κ1) is 7.97. The van der Waals surface area contributed by atoms with E-state index in [4.69, 9.17) is 10.2 Å². The summed E-state index contributed by atoms with van der Waals surface area (Å²) in [4.78, 5) is 9.77. The van der Waals surface area contributed by atoms with Gasteiger partial charge in [0, 0.05) is 0 Å². The molecule has 0 saturated carbocycles. The Kier molecular flexibility index (Phi) is 3.08. The first-order chi connectivity index (χ1) is 3.55. The average molecular weight is 246 g/mol. The summed E-state index contributed by atoms with van der Waals surface area (Å²) in [6.07, 6.45) is 0. The number of carboxylic acids is 1. The summed E-state index contributed by atoms with van der Waals surface area (Å²) in [5, 5.41) is 16.4. The van der Waals surface area contributed by atoms with Crippen molar-refractivity contribution in [3.63, 3.8) is 0 Å². The maximum absolute atomic E-state index is 9.77. The predicted octanol–water partition coefficient (Wildman–Crippen LogP) is 1.59. The van der Waals surface area contributed by atoms with Crippen LogP contribution in [0.5, 0.6) is 0 Å². The number of halogens is 2. The average Bonchev–Trinajstić information content (AvgIpc) is 1.64. The normalized spacial score (nSPS) is 8.25. The van der Waals surface area contributed by atoms with E-state index in [0.717, 1.165) is 0 Å². The number of rotatable bonds is 1. The Labute approximate surface area is 62.3 Å². The molecule has 5 heteroatoms. The zero-order valence-electron chi connectivity index (χ0n) is 3.56. The van der Waals surface area contributed by atoms with Crippen LogP contribution in [0.1, 0.15) is 0 Å². The number of carbonyl (C=O) groups is 1. The van der Waals surface area contributed by atoms with E-state index in [0.29, 0.717) is 0 Å². The summed E-state index contributed by atoms with van der Waals surface area (Å²) in [5.74, 6) is -2.10. The molecule has 3 nitrogen and oxygen atoms in total. The molecule has 0 unspecified atom stereocenters. The standard InChI is InChI=1S/C3H2Br2O3/c4-2(5)1(6)3(7)8/h6H,(H,7,8). The molecule has 0 heterocycles. The molecule has 0 aliphatic heterocycles. The monoisotopic (exact) mass is 244 g/mol. The van der Waals surface area contributed by atoms with Crippen LogP contribution in [-0.4, -0.2) is 16.2 Å². The Morgan fingerprint density at radius 1 is 1.25 bits per heavy atom. The molecule has 0 aliphatic rings. The van der Waals surface area contributed by atoms with Crippen molar-refractivity contribution >= 4 is 37.8 Å². The Morgan fingerprint density at radius 2 is 1.62 bits per heavy atom. The maximum Gasteiger partial charge on any atom is 0.372 e. The minimum Gasteiger partial charge on any atom is -0.501 e. The molecule has 0 aromatic heterocycles. The molecule has 46 valence electrons. The second-order valence-corrected chi connectivity index (χ2v) is 3.56. The molecule has 0 saturated heterocycles. The van der Waals surface area contributed by atoms with E-state index in [1.54, 1.807) is 0 Å². The Bertz CT molecular complexity index is 135. The second kappa shape index (κ2) is 3.09. The number of aliphatic hydroxyl groups excluding tert-OH is 1. The van der Waals surface area contributed by atoms with E-state index >= 15 is 0 Å². The molecule has 0 bridgehead atoms. The number of aliphatic hydroxyl groups is 1. The molecule has 0 radical (unpaired) electrons. The van der Waals surface area contributed by atoms with Gasteiger partial charge in [-0.15, -0.1) is 0 Å². The van der Waals surface area contributed by atoms with Crippen LogP contribution >= 0.6 is 31.9 Å². The van der Waals surface area contributed by atoms with Gasteiger partial charge in [0.2, 0.25) is 5.76 Å². The summed E-state index contributed by atoms with van der Waals surface area (Å²) >= 11 is 5.41. The van der Waals surface area contributed by atoms with Gasteiger partial charge in [-0.3, -0.25) is 0 Å². The summed E-state index contributed by atoms with van der Waals surface area (Å²) < 4.78 is 0.0394. The van der Waals surface area contributed by atoms with Crippen molar-refractivity contribution in [2.75, 3.05) is 0 Å². The number of hydrogen-bond acceptors (Lipinski definition) is 2. The topological polar surface area (TPSA) is 57.5 Å². The van der Waals surface area contributed by atoms with Gasteiger partial charge in [-0.2, -0.15) is 0 Å². The predicted molar refractivity (Wildman–Crippen MR) is 35.1 cm³/mol. The molecular weight excluding hydrogens is 244 g/mol. The SMILES string of the molecule is O=C(O)C(O)=C(Br)Br. The lowest BCUT2D eigenvalue weighted by Crippen LogP contribution is -1.98.